The quantitative estimate of drug-likeness (QED) is 0.652. The minimum absolute atomic E-state index is 0.121. The highest BCUT2D eigenvalue weighted by atomic mass is 32.2. The first-order valence-electron chi connectivity index (χ1n) is 10.2. The van der Waals surface area contributed by atoms with E-state index in [-0.39, 0.29) is 11.8 Å². The molecule has 2 saturated carbocycles. The largest absolute Gasteiger partial charge is 0.342 e. The van der Waals surface area contributed by atoms with Crippen LogP contribution in [0, 0.1) is 0 Å². The van der Waals surface area contributed by atoms with Gasteiger partial charge in [-0.25, -0.2) is 0 Å². The highest BCUT2D eigenvalue weighted by Gasteiger charge is 2.28. The number of thioether (sulfide) groups is 1. The third-order valence-electron chi connectivity index (χ3n) is 5.59. The fraction of sp³-hybridized carbons (Fsp3) is 0.524. The Morgan fingerprint density at radius 2 is 1.90 bits per heavy atom. The number of hydrogen-bond acceptors (Lipinski definition) is 6. The van der Waals surface area contributed by atoms with Gasteiger partial charge in [0, 0.05) is 23.9 Å². The maximum atomic E-state index is 12.8. The lowest BCUT2D eigenvalue weighted by molar-refractivity contribution is -0.129. The van der Waals surface area contributed by atoms with Crippen LogP contribution in [0.2, 0.25) is 0 Å². The van der Waals surface area contributed by atoms with Crippen molar-refractivity contribution in [3.05, 3.63) is 34.8 Å². The van der Waals surface area contributed by atoms with Gasteiger partial charge in [-0.05, 0) is 37.8 Å². The Hall–Kier alpha value is -1.93. The van der Waals surface area contributed by atoms with Crippen molar-refractivity contribution in [3.63, 3.8) is 0 Å². The number of amides is 2. The van der Waals surface area contributed by atoms with E-state index in [1.54, 1.807) is 6.07 Å². The monoisotopic (exact) mass is 430 g/mol. The highest BCUT2D eigenvalue weighted by Crippen LogP contribution is 2.42. The molecule has 0 bridgehead atoms. The molecule has 154 valence electrons. The van der Waals surface area contributed by atoms with Crippen LogP contribution >= 0.6 is 23.1 Å². The van der Waals surface area contributed by atoms with Crippen molar-refractivity contribution in [3.8, 4) is 0 Å². The van der Waals surface area contributed by atoms with Gasteiger partial charge in [-0.2, -0.15) is 0 Å². The van der Waals surface area contributed by atoms with Crippen LogP contribution in [0.3, 0.4) is 0 Å². The van der Waals surface area contributed by atoms with Gasteiger partial charge >= 0.3 is 0 Å². The molecule has 4 rings (SSSR count). The number of anilines is 1. The Labute approximate surface area is 179 Å². The molecule has 0 saturated heterocycles. The van der Waals surface area contributed by atoms with Crippen LogP contribution in [-0.4, -0.2) is 45.8 Å². The van der Waals surface area contributed by atoms with Crippen LogP contribution in [0.4, 0.5) is 5.13 Å². The normalized spacial score (nSPS) is 17.1. The Bertz CT molecular complexity index is 875. The summed E-state index contributed by atoms with van der Waals surface area (Å²) in [5.74, 6) is 0.769. The number of rotatable bonds is 7. The van der Waals surface area contributed by atoms with E-state index in [2.05, 4.69) is 15.5 Å². The van der Waals surface area contributed by atoms with Crippen molar-refractivity contribution < 1.29 is 9.59 Å². The van der Waals surface area contributed by atoms with E-state index in [9.17, 15) is 9.59 Å². The van der Waals surface area contributed by atoms with Gasteiger partial charge in [0.25, 0.3) is 5.91 Å². The van der Waals surface area contributed by atoms with Gasteiger partial charge in [-0.3, -0.25) is 14.9 Å². The zero-order valence-electron chi connectivity index (χ0n) is 16.6. The molecule has 1 aromatic carbocycles. The molecule has 0 atom stereocenters. The summed E-state index contributed by atoms with van der Waals surface area (Å²) in [6, 6.07) is 7.77. The van der Waals surface area contributed by atoms with Crippen molar-refractivity contribution >= 4 is 40.0 Å². The molecule has 2 fully saturated rings. The first-order valence-corrected chi connectivity index (χ1v) is 12.0. The highest BCUT2D eigenvalue weighted by molar-refractivity contribution is 8.00. The van der Waals surface area contributed by atoms with Crippen molar-refractivity contribution in [2.24, 2.45) is 0 Å². The fourth-order valence-electron chi connectivity index (χ4n) is 3.64. The molecular weight excluding hydrogens is 404 g/mol. The van der Waals surface area contributed by atoms with Crippen molar-refractivity contribution in [2.75, 3.05) is 18.1 Å². The van der Waals surface area contributed by atoms with E-state index in [1.807, 2.05) is 30.1 Å². The summed E-state index contributed by atoms with van der Waals surface area (Å²) in [4.78, 5) is 28.1. The Balaban J connectivity index is 1.36. The predicted octanol–water partition coefficient (Wildman–Crippen LogP) is 4.55. The summed E-state index contributed by atoms with van der Waals surface area (Å²) in [6.45, 7) is 0. The molecule has 2 aliphatic carbocycles. The molecule has 2 aromatic rings. The standard InChI is InChI=1S/C21H26N4O2S2/c1-25(15-7-3-2-4-8-15)18(26)13-28-17-10-6-5-9-16(17)19(27)22-21-24-23-20(29-21)14-11-12-14/h5-6,9-10,14-15H,2-4,7-8,11-13H2,1H3,(H,22,24,27). The number of carbonyl (C=O) groups excluding carboxylic acids is 2. The van der Waals surface area contributed by atoms with Gasteiger partial charge in [0.05, 0.1) is 11.3 Å². The molecule has 0 aliphatic heterocycles. The number of nitrogens with one attached hydrogen (secondary N) is 1. The molecule has 0 spiro atoms. The third-order valence-corrected chi connectivity index (χ3v) is 7.65. The van der Waals surface area contributed by atoms with Crippen LogP contribution < -0.4 is 5.32 Å². The molecule has 29 heavy (non-hydrogen) atoms. The van der Waals surface area contributed by atoms with Crippen LogP contribution in [-0.2, 0) is 4.79 Å². The minimum Gasteiger partial charge on any atom is -0.342 e. The fourth-order valence-corrected chi connectivity index (χ4v) is 5.52. The Morgan fingerprint density at radius 1 is 1.14 bits per heavy atom. The second-order valence-corrected chi connectivity index (χ2v) is 9.78. The molecule has 2 aliphatic rings. The van der Waals surface area contributed by atoms with Crippen molar-refractivity contribution in [1.82, 2.24) is 15.1 Å². The molecule has 1 heterocycles. The Morgan fingerprint density at radius 3 is 2.66 bits per heavy atom. The van der Waals surface area contributed by atoms with Gasteiger partial charge < -0.3 is 4.90 Å². The summed E-state index contributed by atoms with van der Waals surface area (Å²) in [7, 11) is 1.91. The van der Waals surface area contributed by atoms with E-state index < -0.39 is 0 Å². The molecule has 2 amide bonds. The first kappa shape index (κ1) is 20.3. The molecule has 0 radical (unpaired) electrons. The SMILES string of the molecule is CN(C(=O)CSc1ccccc1C(=O)Nc1nnc(C2CC2)s1)C1CCCCC1. The Kier molecular flexibility index (Phi) is 6.50. The van der Waals surface area contributed by atoms with Crippen LogP contribution in [0.1, 0.15) is 66.2 Å². The maximum absolute atomic E-state index is 12.8. The van der Waals surface area contributed by atoms with Crippen LogP contribution in [0.15, 0.2) is 29.2 Å². The molecular formula is C21H26N4O2S2. The predicted molar refractivity (Wildman–Crippen MR) is 117 cm³/mol. The summed E-state index contributed by atoms with van der Waals surface area (Å²) in [6.07, 6.45) is 8.18. The number of nitrogens with zero attached hydrogens (tertiary/aromatic N) is 3. The van der Waals surface area contributed by atoms with Gasteiger partial charge in [0.15, 0.2) is 0 Å². The molecule has 8 heteroatoms. The van der Waals surface area contributed by atoms with Crippen molar-refractivity contribution in [2.45, 2.75) is 61.8 Å². The number of benzene rings is 1. The maximum Gasteiger partial charge on any atom is 0.258 e. The van der Waals surface area contributed by atoms with E-state index in [4.69, 9.17) is 0 Å². The second kappa shape index (κ2) is 9.26. The van der Waals surface area contributed by atoms with Crippen LogP contribution in [0.25, 0.3) is 0 Å². The van der Waals surface area contributed by atoms with E-state index >= 15 is 0 Å². The van der Waals surface area contributed by atoms with Crippen molar-refractivity contribution in [1.29, 1.82) is 0 Å². The lowest BCUT2D eigenvalue weighted by atomic mass is 9.94. The van der Waals surface area contributed by atoms with Crippen LogP contribution in [0.5, 0.6) is 0 Å². The topological polar surface area (TPSA) is 75.2 Å². The number of carbonyl (C=O) groups is 2. The van der Waals surface area contributed by atoms with Gasteiger partial charge in [-0.15, -0.1) is 22.0 Å². The van der Waals surface area contributed by atoms with E-state index in [1.165, 1.54) is 42.4 Å². The van der Waals surface area contributed by atoms with E-state index in [0.717, 1.165) is 35.6 Å². The zero-order chi connectivity index (χ0) is 20.2. The molecule has 6 nitrogen and oxygen atoms in total. The average Bonchev–Trinajstić information content (AvgIpc) is 3.51. The first-order chi connectivity index (χ1) is 14.1. The summed E-state index contributed by atoms with van der Waals surface area (Å²) >= 11 is 2.87. The molecule has 1 aromatic heterocycles. The van der Waals surface area contributed by atoms with Gasteiger partial charge in [-0.1, -0.05) is 42.7 Å². The second-order valence-electron chi connectivity index (χ2n) is 7.76. The molecule has 0 unspecified atom stereocenters. The minimum atomic E-state index is -0.209. The molecule has 1 N–H and O–H groups in total. The zero-order valence-corrected chi connectivity index (χ0v) is 18.2. The summed E-state index contributed by atoms with van der Waals surface area (Å²) < 4.78 is 0. The number of hydrogen-bond donors (Lipinski definition) is 1. The lowest BCUT2D eigenvalue weighted by Crippen LogP contribution is -2.39. The number of aromatic nitrogens is 2. The van der Waals surface area contributed by atoms with Gasteiger partial charge in [0.1, 0.15) is 5.01 Å². The average molecular weight is 431 g/mol. The summed E-state index contributed by atoms with van der Waals surface area (Å²) in [5.41, 5.74) is 0.564. The van der Waals surface area contributed by atoms with Gasteiger partial charge in [0.2, 0.25) is 11.0 Å². The lowest BCUT2D eigenvalue weighted by Gasteiger charge is -2.31. The third kappa shape index (κ3) is 5.17. The smallest absolute Gasteiger partial charge is 0.258 e. The summed E-state index contributed by atoms with van der Waals surface area (Å²) in [5, 5.41) is 12.7. The van der Waals surface area contributed by atoms with E-state index in [0.29, 0.717) is 28.4 Å².